The summed E-state index contributed by atoms with van der Waals surface area (Å²) < 4.78 is 20.3. The maximum Gasteiger partial charge on any atom is 0.414 e. The number of carbonyl (C=O) groups excluding carboxylic acids is 2. The van der Waals surface area contributed by atoms with Crippen molar-refractivity contribution in [3.8, 4) is 0 Å². The van der Waals surface area contributed by atoms with Gasteiger partial charge in [-0.25, -0.2) is 9.18 Å². The molecule has 1 aromatic carbocycles. The predicted octanol–water partition coefficient (Wildman–Crippen LogP) is 2.39. The molecule has 1 atom stereocenters. The number of ether oxygens (including phenoxy) is 1. The standard InChI is InChI=1S/C21H23FN6O6S/c1-13(29)23-10-15-12-27(21(30)34-15)14-2-3-18(17(22)8-14)25-4-6-26(7-5-25)19-9-16(11-24-31)35-20(19)28(32)33/h2-3,8-9,11,15,31H,4-7,10,12H2,1H3,(H,23,29)/b24-11+/t15-/m0/s1. The van der Waals surface area contributed by atoms with E-state index in [0.29, 0.717) is 48.1 Å². The monoisotopic (exact) mass is 506 g/mol. The maximum atomic E-state index is 15.0. The van der Waals surface area contributed by atoms with Gasteiger partial charge in [0.25, 0.3) is 0 Å². The maximum absolute atomic E-state index is 15.0. The van der Waals surface area contributed by atoms with Gasteiger partial charge in [-0.3, -0.25) is 19.8 Å². The van der Waals surface area contributed by atoms with Crippen molar-refractivity contribution in [1.29, 1.82) is 0 Å². The quantitative estimate of drug-likeness (QED) is 0.252. The van der Waals surface area contributed by atoms with E-state index in [4.69, 9.17) is 9.94 Å². The summed E-state index contributed by atoms with van der Waals surface area (Å²) in [4.78, 5) is 39.7. The first kappa shape index (κ1) is 24.2. The molecule has 2 saturated heterocycles. The van der Waals surface area contributed by atoms with E-state index >= 15 is 4.39 Å². The first-order chi connectivity index (χ1) is 16.8. The Balaban J connectivity index is 1.42. The number of amides is 2. The lowest BCUT2D eigenvalue weighted by atomic mass is 10.2. The Morgan fingerprint density at radius 2 is 2.00 bits per heavy atom. The lowest BCUT2D eigenvalue weighted by Crippen LogP contribution is -2.46. The van der Waals surface area contributed by atoms with Crippen LogP contribution in [0.25, 0.3) is 0 Å². The number of carbonyl (C=O) groups is 2. The number of thiophene rings is 1. The second kappa shape index (κ2) is 10.1. The number of nitrogens with zero attached hydrogens (tertiary/aromatic N) is 5. The number of hydrogen-bond donors (Lipinski definition) is 2. The van der Waals surface area contributed by atoms with E-state index in [1.807, 2.05) is 9.80 Å². The highest BCUT2D eigenvalue weighted by Gasteiger charge is 2.33. The number of hydrogen-bond acceptors (Lipinski definition) is 10. The number of piperazine rings is 1. The van der Waals surface area contributed by atoms with Gasteiger partial charge in [0, 0.05) is 33.1 Å². The van der Waals surface area contributed by atoms with E-state index in [2.05, 4.69) is 10.5 Å². The molecule has 2 amide bonds. The number of rotatable bonds is 7. The van der Waals surface area contributed by atoms with E-state index < -0.39 is 22.9 Å². The first-order valence-corrected chi connectivity index (χ1v) is 11.6. The van der Waals surface area contributed by atoms with Gasteiger partial charge in [-0.2, -0.15) is 0 Å². The van der Waals surface area contributed by atoms with E-state index in [1.54, 1.807) is 18.2 Å². The van der Waals surface area contributed by atoms with Gasteiger partial charge in [-0.1, -0.05) is 16.5 Å². The molecule has 2 aromatic rings. The van der Waals surface area contributed by atoms with Crippen LogP contribution in [0.4, 0.5) is 31.2 Å². The lowest BCUT2D eigenvalue weighted by Gasteiger charge is -2.36. The summed E-state index contributed by atoms with van der Waals surface area (Å²) in [7, 11) is 0. The largest absolute Gasteiger partial charge is 0.442 e. The van der Waals surface area contributed by atoms with Gasteiger partial charge >= 0.3 is 11.1 Å². The molecule has 2 aliphatic heterocycles. The molecule has 4 rings (SSSR count). The van der Waals surface area contributed by atoms with Crippen molar-refractivity contribution in [3.63, 3.8) is 0 Å². The smallest absolute Gasteiger partial charge is 0.414 e. The molecule has 0 radical (unpaired) electrons. The summed E-state index contributed by atoms with van der Waals surface area (Å²) >= 11 is 0.917. The summed E-state index contributed by atoms with van der Waals surface area (Å²) in [6.45, 7) is 3.45. The van der Waals surface area contributed by atoms with Crippen molar-refractivity contribution in [2.75, 3.05) is 54.0 Å². The van der Waals surface area contributed by atoms with Crippen molar-refractivity contribution < 1.29 is 28.8 Å². The third kappa shape index (κ3) is 5.26. The molecule has 0 unspecified atom stereocenters. The minimum atomic E-state index is -0.607. The predicted molar refractivity (Wildman–Crippen MR) is 127 cm³/mol. The number of anilines is 3. The number of oxime groups is 1. The Bertz CT molecular complexity index is 1170. The zero-order valence-corrected chi connectivity index (χ0v) is 19.5. The van der Waals surface area contributed by atoms with E-state index in [0.717, 1.165) is 17.6 Å². The number of cyclic esters (lactones) is 1. The minimum absolute atomic E-state index is 0.0433. The Labute approximate surface area is 203 Å². The van der Waals surface area contributed by atoms with Crippen LogP contribution in [0.1, 0.15) is 11.8 Å². The van der Waals surface area contributed by atoms with E-state index in [1.165, 1.54) is 17.9 Å². The highest BCUT2D eigenvalue weighted by molar-refractivity contribution is 7.17. The zero-order valence-electron chi connectivity index (χ0n) is 18.7. The molecule has 3 heterocycles. The van der Waals surface area contributed by atoms with Gasteiger partial charge in [0.1, 0.15) is 17.6 Å². The topological polar surface area (TPSA) is 141 Å². The van der Waals surface area contributed by atoms with Crippen molar-refractivity contribution in [1.82, 2.24) is 5.32 Å². The number of nitrogens with one attached hydrogen (secondary N) is 1. The van der Waals surface area contributed by atoms with Crippen LogP contribution < -0.4 is 20.0 Å². The molecule has 14 heteroatoms. The fourth-order valence-electron chi connectivity index (χ4n) is 4.07. The average Bonchev–Trinajstić information content (AvgIpc) is 3.42. The fourth-order valence-corrected chi connectivity index (χ4v) is 4.93. The molecule has 12 nitrogen and oxygen atoms in total. The SMILES string of the molecule is CC(=O)NC[C@H]1CN(c2ccc(N3CCN(c4cc(/C=N/O)sc4[N+](=O)[O-])CC3)c(F)c2)C(=O)O1. The lowest BCUT2D eigenvalue weighted by molar-refractivity contribution is -0.379. The van der Waals surface area contributed by atoms with Crippen LogP contribution in [-0.4, -0.2) is 73.7 Å². The molecule has 0 spiro atoms. The average molecular weight is 507 g/mol. The molecule has 2 N–H and O–H groups in total. The van der Waals surface area contributed by atoms with Crippen LogP contribution in [0.5, 0.6) is 0 Å². The third-order valence-electron chi connectivity index (χ3n) is 5.72. The number of halogens is 1. The number of nitro groups is 1. The summed E-state index contributed by atoms with van der Waals surface area (Å²) in [6, 6.07) is 6.10. The summed E-state index contributed by atoms with van der Waals surface area (Å²) in [5.41, 5.74) is 1.16. The van der Waals surface area contributed by atoms with Gasteiger partial charge in [0.15, 0.2) is 0 Å². The Morgan fingerprint density at radius 3 is 2.60 bits per heavy atom. The Morgan fingerprint density at radius 1 is 1.31 bits per heavy atom. The van der Waals surface area contributed by atoms with Gasteiger partial charge in [-0.15, -0.1) is 0 Å². The van der Waals surface area contributed by atoms with Crippen molar-refractivity contribution >= 4 is 51.6 Å². The molecule has 0 bridgehead atoms. The number of benzene rings is 1. The third-order valence-corrected chi connectivity index (χ3v) is 6.73. The molecular weight excluding hydrogens is 483 g/mol. The second-order valence-electron chi connectivity index (χ2n) is 8.00. The molecular formula is C21H23FN6O6S. The van der Waals surface area contributed by atoms with Gasteiger partial charge < -0.3 is 25.1 Å². The van der Waals surface area contributed by atoms with Crippen LogP contribution in [0.2, 0.25) is 0 Å². The van der Waals surface area contributed by atoms with Gasteiger partial charge in [-0.05, 0) is 24.3 Å². The van der Waals surface area contributed by atoms with Crippen LogP contribution in [0.3, 0.4) is 0 Å². The molecule has 2 aliphatic rings. The highest BCUT2D eigenvalue weighted by Crippen LogP contribution is 2.38. The van der Waals surface area contributed by atoms with E-state index in [9.17, 15) is 19.7 Å². The molecule has 0 aliphatic carbocycles. The van der Waals surface area contributed by atoms with Crippen LogP contribution >= 0.6 is 11.3 Å². The normalized spacial score (nSPS) is 18.3. The van der Waals surface area contributed by atoms with Crippen molar-refractivity contribution in [2.45, 2.75) is 13.0 Å². The van der Waals surface area contributed by atoms with E-state index in [-0.39, 0.29) is 24.0 Å². The van der Waals surface area contributed by atoms with Crippen LogP contribution in [-0.2, 0) is 9.53 Å². The Kier molecular flexibility index (Phi) is 7.00. The fraction of sp³-hybridized carbons (Fsp3) is 0.381. The summed E-state index contributed by atoms with van der Waals surface area (Å²) in [6.07, 6.45) is 0.0173. The summed E-state index contributed by atoms with van der Waals surface area (Å²) in [5.74, 6) is -0.736. The molecule has 0 saturated carbocycles. The molecule has 2 fully saturated rings. The van der Waals surface area contributed by atoms with Crippen molar-refractivity contribution in [2.24, 2.45) is 5.16 Å². The minimum Gasteiger partial charge on any atom is -0.442 e. The van der Waals surface area contributed by atoms with Crippen molar-refractivity contribution in [3.05, 3.63) is 45.1 Å². The van der Waals surface area contributed by atoms with Gasteiger partial charge in [0.05, 0.1) is 40.5 Å². The van der Waals surface area contributed by atoms with Gasteiger partial charge in [0.2, 0.25) is 5.91 Å². The molecule has 1 aromatic heterocycles. The Hall–Kier alpha value is -3.94. The second-order valence-corrected chi connectivity index (χ2v) is 9.07. The highest BCUT2D eigenvalue weighted by atomic mass is 32.1. The first-order valence-electron chi connectivity index (χ1n) is 10.7. The molecule has 35 heavy (non-hydrogen) atoms. The molecule has 186 valence electrons. The summed E-state index contributed by atoms with van der Waals surface area (Å²) in [5, 5.41) is 25.6. The van der Waals surface area contributed by atoms with Crippen LogP contribution in [0, 0.1) is 15.9 Å². The van der Waals surface area contributed by atoms with Crippen LogP contribution in [0.15, 0.2) is 29.4 Å². The zero-order chi connectivity index (χ0) is 25.1.